The molecule has 2 aromatic heterocycles. The van der Waals surface area contributed by atoms with Crippen LogP contribution in [0.3, 0.4) is 0 Å². The highest BCUT2D eigenvalue weighted by molar-refractivity contribution is 6.76. The van der Waals surface area contributed by atoms with E-state index in [1.54, 1.807) is 12.4 Å². The Morgan fingerprint density at radius 1 is 1.38 bits per heavy atom. The second-order valence-electron chi connectivity index (χ2n) is 8.95. The van der Waals surface area contributed by atoms with Crippen molar-refractivity contribution in [3.05, 3.63) is 23.2 Å². The maximum atomic E-state index is 11.9. The third-order valence-corrected chi connectivity index (χ3v) is 5.73. The Kier molecular flexibility index (Phi) is 7.64. The van der Waals surface area contributed by atoms with E-state index >= 15 is 0 Å². The Morgan fingerprint density at radius 3 is 2.76 bits per heavy atom. The highest BCUT2D eigenvalue weighted by Gasteiger charge is 2.16. The van der Waals surface area contributed by atoms with Gasteiger partial charge >= 0.3 is 6.09 Å². The molecule has 2 rings (SSSR count). The lowest BCUT2D eigenvalue weighted by Crippen LogP contribution is -2.34. The van der Waals surface area contributed by atoms with Gasteiger partial charge in [-0.3, -0.25) is 0 Å². The minimum atomic E-state index is -1.16. The molecule has 0 atom stereocenters. The summed E-state index contributed by atoms with van der Waals surface area (Å²) in [7, 11) is -1.16. The lowest BCUT2D eigenvalue weighted by molar-refractivity contribution is 0.0526. The van der Waals surface area contributed by atoms with Crippen molar-refractivity contribution in [2.45, 2.75) is 58.6 Å². The summed E-state index contributed by atoms with van der Waals surface area (Å²) in [4.78, 5) is 25.6. The van der Waals surface area contributed by atoms with Crippen molar-refractivity contribution in [1.29, 1.82) is 0 Å². The average molecular weight is 440 g/mol. The number of amides is 1. The van der Waals surface area contributed by atoms with E-state index in [-0.39, 0.29) is 5.28 Å². The monoisotopic (exact) mass is 439 g/mol. The van der Waals surface area contributed by atoms with Crippen molar-refractivity contribution < 1.29 is 14.4 Å². The van der Waals surface area contributed by atoms with Gasteiger partial charge < -0.3 is 19.5 Å². The largest absolute Gasteiger partial charge is 0.444 e. The number of aromatic nitrogens is 3. The Labute approximate surface area is 177 Å². The lowest BCUT2D eigenvalue weighted by atomic mass is 10.2. The van der Waals surface area contributed by atoms with Crippen molar-refractivity contribution in [2.75, 3.05) is 13.2 Å². The maximum absolute atomic E-state index is 11.9. The van der Waals surface area contributed by atoms with E-state index in [1.165, 1.54) is 0 Å². The fourth-order valence-electron chi connectivity index (χ4n) is 2.46. The minimum Gasteiger partial charge on any atom is -0.444 e. The zero-order chi connectivity index (χ0) is 21.7. The molecular weight excluding hydrogens is 410 g/mol. The van der Waals surface area contributed by atoms with Gasteiger partial charge in [0.15, 0.2) is 0 Å². The lowest BCUT2D eigenvalue weighted by Gasteiger charge is -2.19. The number of halogens is 1. The third kappa shape index (κ3) is 8.02. The number of rotatable bonds is 8. The molecule has 0 saturated heterocycles. The number of carbonyl (C=O) groups excluding carboxylic acids is 1. The number of nitrogens with one attached hydrogen (secondary N) is 1. The summed E-state index contributed by atoms with van der Waals surface area (Å²) < 4.78 is 7.17. The number of fused-ring (bicyclic) bond motifs is 1. The Bertz CT molecular complexity index is 871. The molecule has 0 fully saturated rings. The van der Waals surface area contributed by atoms with Gasteiger partial charge in [0.25, 0.3) is 0 Å². The quantitative estimate of drug-likeness (QED) is 0.218. The van der Waals surface area contributed by atoms with Gasteiger partial charge in [-0.15, -0.1) is 0 Å². The summed E-state index contributed by atoms with van der Waals surface area (Å²) in [6.45, 7) is 13.8. The number of carbonyl (C=O) groups is 1. The summed E-state index contributed by atoms with van der Waals surface area (Å²) in [5, 5.41) is 7.83. The van der Waals surface area contributed by atoms with Crippen LogP contribution >= 0.6 is 11.6 Å². The van der Waals surface area contributed by atoms with Crippen molar-refractivity contribution in [3.63, 3.8) is 0 Å². The molecule has 2 aromatic rings. The standard InChI is InChI=1S/C19H30ClN5O3Si/c1-19(2,3)28-18(26)21-7-8-25-15(13-23-27-9-10-29(4,5)6)11-14-12-22-17(20)24-16(14)25/h11-13H,7-10H2,1-6H3,(H,21,26)/b23-13+. The third-order valence-electron chi connectivity index (χ3n) is 3.84. The van der Waals surface area contributed by atoms with Crippen molar-refractivity contribution in [2.24, 2.45) is 5.16 Å². The van der Waals surface area contributed by atoms with Crippen LogP contribution in [0.1, 0.15) is 26.5 Å². The smallest absolute Gasteiger partial charge is 0.407 e. The van der Waals surface area contributed by atoms with Crippen LogP contribution in [-0.2, 0) is 16.1 Å². The van der Waals surface area contributed by atoms with Crippen molar-refractivity contribution in [3.8, 4) is 0 Å². The summed E-state index contributed by atoms with van der Waals surface area (Å²) in [5.41, 5.74) is 0.908. The number of ether oxygens (including phenoxy) is 1. The van der Waals surface area contributed by atoms with Gasteiger partial charge in [-0.1, -0.05) is 24.8 Å². The van der Waals surface area contributed by atoms with Crippen LogP contribution < -0.4 is 5.32 Å². The van der Waals surface area contributed by atoms with E-state index in [4.69, 9.17) is 21.2 Å². The predicted molar refractivity (Wildman–Crippen MR) is 118 cm³/mol. The normalized spacial score (nSPS) is 12.5. The van der Waals surface area contributed by atoms with Crippen LogP contribution in [0.4, 0.5) is 4.79 Å². The minimum absolute atomic E-state index is 0.159. The number of alkyl carbamates (subject to hydrolysis) is 1. The first-order valence-corrected chi connectivity index (χ1v) is 13.7. The molecule has 0 unspecified atom stereocenters. The fourth-order valence-corrected chi connectivity index (χ4v) is 3.29. The molecule has 0 bridgehead atoms. The second kappa shape index (κ2) is 9.58. The van der Waals surface area contributed by atoms with E-state index < -0.39 is 19.8 Å². The fraction of sp³-hybridized carbons (Fsp3) is 0.579. The van der Waals surface area contributed by atoms with Crippen LogP contribution in [0.2, 0.25) is 31.0 Å². The van der Waals surface area contributed by atoms with Crippen molar-refractivity contribution >= 4 is 43.0 Å². The predicted octanol–water partition coefficient (Wildman–Crippen LogP) is 4.30. The SMILES string of the molecule is CC(C)(C)OC(=O)NCCn1c(/C=N/OCC[Si](C)(C)C)cc2cnc(Cl)nc21. The molecule has 1 amide bonds. The molecule has 10 heteroatoms. The summed E-state index contributed by atoms with van der Waals surface area (Å²) in [6.07, 6.45) is 2.84. The van der Waals surface area contributed by atoms with Gasteiger partial charge in [0, 0.05) is 32.7 Å². The summed E-state index contributed by atoms with van der Waals surface area (Å²) in [6, 6.07) is 2.94. The molecule has 0 aliphatic carbocycles. The maximum Gasteiger partial charge on any atom is 0.407 e. The molecule has 0 saturated carbocycles. The van der Waals surface area contributed by atoms with Crippen LogP contribution in [0.25, 0.3) is 11.0 Å². The second-order valence-corrected chi connectivity index (χ2v) is 14.9. The molecule has 0 aliphatic heterocycles. The van der Waals surface area contributed by atoms with Gasteiger partial charge in [0.2, 0.25) is 5.28 Å². The molecule has 2 heterocycles. The van der Waals surface area contributed by atoms with E-state index in [9.17, 15) is 4.79 Å². The van der Waals surface area contributed by atoms with Crippen molar-refractivity contribution in [1.82, 2.24) is 19.9 Å². The Hall–Kier alpha value is -2.13. The molecule has 29 heavy (non-hydrogen) atoms. The molecule has 0 radical (unpaired) electrons. The Morgan fingerprint density at radius 2 is 2.10 bits per heavy atom. The first kappa shape index (κ1) is 23.1. The first-order valence-electron chi connectivity index (χ1n) is 9.59. The van der Waals surface area contributed by atoms with Crippen LogP contribution in [0, 0.1) is 0 Å². The summed E-state index contributed by atoms with van der Waals surface area (Å²) >= 11 is 5.97. The molecule has 0 aliphatic rings. The molecule has 160 valence electrons. The Balaban J connectivity index is 2.09. The first-order chi connectivity index (χ1) is 13.4. The average Bonchev–Trinajstić information content (AvgIpc) is 2.89. The number of hydrogen-bond donors (Lipinski definition) is 1. The molecule has 8 nitrogen and oxygen atoms in total. The molecule has 0 spiro atoms. The highest BCUT2D eigenvalue weighted by Crippen LogP contribution is 2.18. The van der Waals surface area contributed by atoms with E-state index in [2.05, 4.69) is 40.1 Å². The zero-order valence-corrected chi connectivity index (χ0v) is 19.7. The summed E-state index contributed by atoms with van der Waals surface area (Å²) in [5.74, 6) is 0. The topological polar surface area (TPSA) is 90.6 Å². The molecule has 0 aromatic carbocycles. The van der Waals surface area contributed by atoms with Crippen LogP contribution in [-0.4, -0.2) is 53.7 Å². The van der Waals surface area contributed by atoms with Crippen LogP contribution in [0.5, 0.6) is 0 Å². The molecular formula is C19H30ClN5O3Si. The van der Waals surface area contributed by atoms with Gasteiger partial charge in [-0.25, -0.2) is 9.78 Å². The van der Waals surface area contributed by atoms with E-state index in [0.29, 0.717) is 25.3 Å². The number of oxime groups is 1. The van der Waals surface area contributed by atoms with Gasteiger partial charge in [0.1, 0.15) is 17.9 Å². The van der Waals surface area contributed by atoms with E-state index in [1.807, 2.05) is 31.4 Å². The number of hydrogen-bond acceptors (Lipinski definition) is 6. The van der Waals surface area contributed by atoms with Crippen LogP contribution in [0.15, 0.2) is 17.4 Å². The zero-order valence-electron chi connectivity index (χ0n) is 18.0. The van der Waals surface area contributed by atoms with Gasteiger partial charge in [-0.2, -0.15) is 4.98 Å². The molecule has 1 N–H and O–H groups in total. The van der Waals surface area contributed by atoms with E-state index in [0.717, 1.165) is 17.1 Å². The van der Waals surface area contributed by atoms with Gasteiger partial charge in [-0.05, 0) is 44.5 Å². The highest BCUT2D eigenvalue weighted by atomic mass is 35.5. The van der Waals surface area contributed by atoms with Gasteiger partial charge in [0.05, 0.1) is 11.9 Å². The number of nitrogens with zero attached hydrogens (tertiary/aromatic N) is 4.